The van der Waals surface area contributed by atoms with Gasteiger partial charge in [-0.05, 0) is 74.2 Å². The summed E-state index contributed by atoms with van der Waals surface area (Å²) < 4.78 is 0. The molecule has 2 N–H and O–H groups in total. The summed E-state index contributed by atoms with van der Waals surface area (Å²) in [5, 5.41) is 6.05. The number of nitrogens with one attached hydrogen (secondary N) is 2. The molecular weight excluding hydrogens is 362 g/mol. The van der Waals surface area contributed by atoms with E-state index in [4.69, 9.17) is 0 Å². The lowest BCUT2D eigenvalue weighted by molar-refractivity contribution is 0.102. The average molecular weight is 387 g/mol. The zero-order valence-corrected chi connectivity index (χ0v) is 16.6. The van der Waals surface area contributed by atoms with Crippen molar-refractivity contribution in [1.29, 1.82) is 0 Å². The fraction of sp³-hybridized carbons (Fsp3) is 0.261. The van der Waals surface area contributed by atoms with Gasteiger partial charge in [-0.15, -0.1) is 0 Å². The van der Waals surface area contributed by atoms with Crippen molar-refractivity contribution in [1.82, 2.24) is 9.97 Å². The molecular formula is C23H25N5O. The Morgan fingerprint density at radius 3 is 2.52 bits per heavy atom. The maximum Gasteiger partial charge on any atom is 0.274 e. The van der Waals surface area contributed by atoms with Gasteiger partial charge < -0.3 is 15.5 Å². The number of amides is 1. The second kappa shape index (κ2) is 8.73. The molecule has 2 aromatic carbocycles. The molecule has 1 aromatic heterocycles. The summed E-state index contributed by atoms with van der Waals surface area (Å²) in [5.41, 5.74) is 4.29. The monoisotopic (exact) mass is 387 g/mol. The van der Waals surface area contributed by atoms with Gasteiger partial charge in [0.2, 0.25) is 5.95 Å². The summed E-state index contributed by atoms with van der Waals surface area (Å²) in [4.78, 5) is 23.6. The van der Waals surface area contributed by atoms with Gasteiger partial charge in [0.1, 0.15) is 5.69 Å². The summed E-state index contributed by atoms with van der Waals surface area (Å²) in [5.74, 6) is 0.133. The molecule has 29 heavy (non-hydrogen) atoms. The molecule has 0 bridgehead atoms. The van der Waals surface area contributed by atoms with E-state index >= 15 is 0 Å². The van der Waals surface area contributed by atoms with E-state index in [9.17, 15) is 4.79 Å². The van der Waals surface area contributed by atoms with E-state index in [1.807, 2.05) is 43.3 Å². The number of anilines is 4. The van der Waals surface area contributed by atoms with Crippen LogP contribution in [0.5, 0.6) is 0 Å². The van der Waals surface area contributed by atoms with Gasteiger partial charge >= 0.3 is 0 Å². The predicted molar refractivity (Wildman–Crippen MR) is 117 cm³/mol. The van der Waals surface area contributed by atoms with Crippen molar-refractivity contribution in [2.24, 2.45) is 0 Å². The van der Waals surface area contributed by atoms with Crippen LogP contribution in [0.25, 0.3) is 0 Å². The van der Waals surface area contributed by atoms with Gasteiger partial charge in [-0.25, -0.2) is 9.97 Å². The Balaban J connectivity index is 1.41. The topological polar surface area (TPSA) is 70.2 Å². The first kappa shape index (κ1) is 18.9. The second-order valence-corrected chi connectivity index (χ2v) is 7.31. The van der Waals surface area contributed by atoms with Crippen LogP contribution in [0.3, 0.4) is 0 Å². The minimum Gasteiger partial charge on any atom is -0.372 e. The van der Waals surface area contributed by atoms with E-state index in [0.717, 1.165) is 30.0 Å². The van der Waals surface area contributed by atoms with Crippen LogP contribution in [-0.4, -0.2) is 29.0 Å². The highest BCUT2D eigenvalue weighted by atomic mass is 16.1. The predicted octanol–water partition coefficient (Wildman–Crippen LogP) is 4.77. The van der Waals surface area contributed by atoms with Crippen molar-refractivity contribution in [2.45, 2.75) is 26.2 Å². The second-order valence-electron chi connectivity index (χ2n) is 7.31. The molecule has 0 unspecified atom stereocenters. The number of carbonyl (C=O) groups is 1. The van der Waals surface area contributed by atoms with E-state index in [-0.39, 0.29) is 5.91 Å². The fourth-order valence-corrected chi connectivity index (χ4v) is 3.50. The molecule has 0 radical (unpaired) electrons. The van der Waals surface area contributed by atoms with Gasteiger partial charge in [-0.3, -0.25) is 4.79 Å². The minimum absolute atomic E-state index is 0.259. The molecule has 1 fully saturated rings. The maximum atomic E-state index is 12.6. The Labute approximate surface area is 171 Å². The minimum atomic E-state index is -0.259. The standard InChI is InChI=1S/C23H25N5O/c1-17-6-5-7-19(16-17)26-23-24-13-12-21(27-23)22(29)25-18-8-10-20(11-9-18)28-14-3-2-4-15-28/h5-13,16H,2-4,14-15H2,1H3,(H,25,29)(H,24,26,27). The molecule has 6 nitrogen and oxygen atoms in total. The van der Waals surface area contributed by atoms with Crippen molar-refractivity contribution < 1.29 is 4.79 Å². The van der Waals surface area contributed by atoms with E-state index in [1.165, 1.54) is 24.9 Å². The van der Waals surface area contributed by atoms with Crippen LogP contribution < -0.4 is 15.5 Å². The van der Waals surface area contributed by atoms with Gasteiger partial charge in [-0.1, -0.05) is 12.1 Å². The number of nitrogens with zero attached hydrogens (tertiary/aromatic N) is 3. The third kappa shape index (κ3) is 4.90. The van der Waals surface area contributed by atoms with Crippen LogP contribution in [-0.2, 0) is 0 Å². The first-order chi connectivity index (χ1) is 14.2. The van der Waals surface area contributed by atoms with Gasteiger partial charge in [-0.2, -0.15) is 0 Å². The number of aromatic nitrogens is 2. The summed E-state index contributed by atoms with van der Waals surface area (Å²) in [6.45, 7) is 4.22. The molecule has 4 rings (SSSR count). The molecule has 6 heteroatoms. The molecule has 2 heterocycles. The molecule has 1 amide bonds. The highest BCUT2D eigenvalue weighted by Crippen LogP contribution is 2.22. The van der Waals surface area contributed by atoms with Crippen LogP contribution in [0.4, 0.5) is 23.0 Å². The molecule has 1 aliphatic heterocycles. The number of rotatable bonds is 5. The van der Waals surface area contributed by atoms with E-state index in [2.05, 4.69) is 37.6 Å². The quantitative estimate of drug-likeness (QED) is 0.660. The lowest BCUT2D eigenvalue weighted by atomic mass is 10.1. The molecule has 1 saturated heterocycles. The van der Waals surface area contributed by atoms with Crippen LogP contribution >= 0.6 is 0 Å². The molecule has 0 aliphatic carbocycles. The SMILES string of the molecule is Cc1cccc(Nc2nccc(C(=O)Nc3ccc(N4CCCCC4)cc3)n2)c1. The lowest BCUT2D eigenvalue weighted by Gasteiger charge is -2.28. The van der Waals surface area contributed by atoms with Crippen molar-refractivity contribution in [2.75, 3.05) is 28.6 Å². The van der Waals surface area contributed by atoms with Gasteiger partial charge in [0.05, 0.1) is 0 Å². The highest BCUT2D eigenvalue weighted by molar-refractivity contribution is 6.03. The van der Waals surface area contributed by atoms with Crippen molar-refractivity contribution in [3.63, 3.8) is 0 Å². The fourth-order valence-electron chi connectivity index (χ4n) is 3.50. The molecule has 148 valence electrons. The first-order valence-corrected chi connectivity index (χ1v) is 10.0. The largest absolute Gasteiger partial charge is 0.372 e. The van der Waals surface area contributed by atoms with Crippen molar-refractivity contribution in [3.8, 4) is 0 Å². The van der Waals surface area contributed by atoms with Crippen LogP contribution in [0.2, 0.25) is 0 Å². The summed E-state index contributed by atoms with van der Waals surface area (Å²) in [6, 6.07) is 17.5. The third-order valence-corrected chi connectivity index (χ3v) is 5.01. The Bertz CT molecular complexity index is 981. The first-order valence-electron chi connectivity index (χ1n) is 10.0. The van der Waals surface area contributed by atoms with Crippen molar-refractivity contribution in [3.05, 3.63) is 72.1 Å². The van der Waals surface area contributed by atoms with Crippen LogP contribution in [0, 0.1) is 6.92 Å². The molecule has 0 spiro atoms. The Kier molecular flexibility index (Phi) is 5.70. The number of hydrogen-bond acceptors (Lipinski definition) is 5. The molecule has 1 aliphatic rings. The van der Waals surface area contributed by atoms with Gasteiger partial charge in [0, 0.05) is 36.3 Å². The average Bonchev–Trinajstić information content (AvgIpc) is 2.75. The number of hydrogen-bond donors (Lipinski definition) is 2. The van der Waals surface area contributed by atoms with E-state index in [0.29, 0.717) is 11.6 Å². The van der Waals surface area contributed by atoms with Crippen molar-refractivity contribution >= 4 is 28.9 Å². The van der Waals surface area contributed by atoms with Gasteiger partial charge in [0.15, 0.2) is 0 Å². The van der Waals surface area contributed by atoms with Crippen LogP contribution in [0.15, 0.2) is 60.8 Å². The Morgan fingerprint density at radius 1 is 0.966 bits per heavy atom. The normalized spacial score (nSPS) is 13.8. The number of carbonyl (C=O) groups excluding carboxylic acids is 1. The Hall–Kier alpha value is -3.41. The third-order valence-electron chi connectivity index (χ3n) is 5.01. The number of aryl methyl sites for hydroxylation is 1. The highest BCUT2D eigenvalue weighted by Gasteiger charge is 2.12. The lowest BCUT2D eigenvalue weighted by Crippen LogP contribution is -2.29. The zero-order valence-electron chi connectivity index (χ0n) is 16.6. The maximum absolute atomic E-state index is 12.6. The van der Waals surface area contributed by atoms with E-state index in [1.54, 1.807) is 12.3 Å². The number of piperidine rings is 1. The smallest absolute Gasteiger partial charge is 0.274 e. The number of benzene rings is 2. The molecule has 0 saturated carbocycles. The van der Waals surface area contributed by atoms with Crippen LogP contribution in [0.1, 0.15) is 35.3 Å². The summed E-state index contributed by atoms with van der Waals surface area (Å²) in [7, 11) is 0. The Morgan fingerprint density at radius 2 is 1.76 bits per heavy atom. The molecule has 3 aromatic rings. The molecule has 0 atom stereocenters. The summed E-state index contributed by atoms with van der Waals surface area (Å²) >= 11 is 0. The zero-order chi connectivity index (χ0) is 20.1. The summed E-state index contributed by atoms with van der Waals surface area (Å²) in [6.07, 6.45) is 5.38. The van der Waals surface area contributed by atoms with E-state index < -0.39 is 0 Å². The van der Waals surface area contributed by atoms with Gasteiger partial charge in [0.25, 0.3) is 5.91 Å².